The van der Waals surface area contributed by atoms with E-state index >= 15 is 0 Å². The molecule has 2 rings (SSSR count). The largest absolute Gasteiger partial charge is 0.329 e. The molecule has 2 N–H and O–H groups in total. The third-order valence-electron chi connectivity index (χ3n) is 4.82. The molecule has 0 heterocycles. The third kappa shape index (κ3) is 3.42. The zero-order chi connectivity index (χ0) is 14.5. The van der Waals surface area contributed by atoms with Crippen molar-refractivity contribution in [3.63, 3.8) is 0 Å². The Morgan fingerprint density at radius 3 is 2.45 bits per heavy atom. The first-order chi connectivity index (χ1) is 9.67. The van der Waals surface area contributed by atoms with Gasteiger partial charge in [-0.25, -0.2) is 0 Å². The Hall–Kier alpha value is -0.860. The topological polar surface area (TPSA) is 29.3 Å². The van der Waals surface area contributed by atoms with Crippen molar-refractivity contribution in [2.24, 2.45) is 5.73 Å². The van der Waals surface area contributed by atoms with Crippen LogP contribution in [0.5, 0.6) is 0 Å². The predicted octanol–water partition coefficient (Wildman–Crippen LogP) is 3.96. The summed E-state index contributed by atoms with van der Waals surface area (Å²) in [6, 6.07) is 7.90. The van der Waals surface area contributed by atoms with Crippen LogP contribution in [-0.4, -0.2) is 24.0 Å². The van der Waals surface area contributed by atoms with Crippen LogP contribution in [0.2, 0.25) is 0 Å². The number of nitrogens with zero attached hydrogens (tertiary/aromatic N) is 1. The van der Waals surface area contributed by atoms with Gasteiger partial charge in [-0.2, -0.15) is 0 Å². The second-order valence-corrected chi connectivity index (χ2v) is 6.23. The molecule has 2 nitrogen and oxygen atoms in total. The number of hydrogen-bond acceptors (Lipinski definition) is 2. The zero-order valence-corrected chi connectivity index (χ0v) is 13.4. The van der Waals surface area contributed by atoms with Gasteiger partial charge in [0.2, 0.25) is 0 Å². The van der Waals surface area contributed by atoms with E-state index in [1.54, 1.807) is 0 Å². The van der Waals surface area contributed by atoms with Gasteiger partial charge in [0, 0.05) is 18.6 Å². The summed E-state index contributed by atoms with van der Waals surface area (Å²) in [7, 11) is 0. The van der Waals surface area contributed by atoms with Gasteiger partial charge in [-0.3, -0.25) is 4.90 Å². The summed E-state index contributed by atoms with van der Waals surface area (Å²) in [6.07, 6.45) is 6.85. The van der Waals surface area contributed by atoms with Crippen LogP contribution in [-0.2, 0) is 0 Å². The molecule has 1 saturated carbocycles. The van der Waals surface area contributed by atoms with E-state index in [0.717, 1.165) is 12.6 Å². The minimum absolute atomic E-state index is 0.378. The van der Waals surface area contributed by atoms with Gasteiger partial charge in [0.1, 0.15) is 0 Å². The van der Waals surface area contributed by atoms with Gasteiger partial charge in [0.05, 0.1) is 0 Å². The summed E-state index contributed by atoms with van der Waals surface area (Å²) >= 11 is 0. The van der Waals surface area contributed by atoms with Crippen LogP contribution in [0.3, 0.4) is 0 Å². The fraction of sp³-hybridized carbons (Fsp3) is 0.667. The molecule has 1 aromatic carbocycles. The highest BCUT2D eigenvalue weighted by Crippen LogP contribution is 2.31. The van der Waals surface area contributed by atoms with E-state index < -0.39 is 0 Å². The second kappa shape index (κ2) is 7.24. The van der Waals surface area contributed by atoms with Crippen LogP contribution in [0.4, 0.5) is 0 Å². The first-order valence-corrected chi connectivity index (χ1v) is 8.20. The van der Waals surface area contributed by atoms with E-state index in [-0.39, 0.29) is 0 Å². The molecule has 0 aromatic heterocycles. The SMILES string of the molecule is CCN(C1CCCCC1)C(CN)c1ccc(C)cc1C. The van der Waals surface area contributed by atoms with Gasteiger partial charge in [0.15, 0.2) is 0 Å². The molecular weight excluding hydrogens is 244 g/mol. The van der Waals surface area contributed by atoms with Crippen molar-refractivity contribution in [2.45, 2.75) is 65.0 Å². The highest BCUT2D eigenvalue weighted by Gasteiger charge is 2.27. The fourth-order valence-corrected chi connectivity index (χ4v) is 3.79. The maximum absolute atomic E-state index is 6.15. The lowest BCUT2D eigenvalue weighted by atomic mass is 9.90. The van der Waals surface area contributed by atoms with Crippen molar-refractivity contribution in [2.75, 3.05) is 13.1 Å². The van der Waals surface area contributed by atoms with Crippen molar-refractivity contribution in [1.29, 1.82) is 0 Å². The van der Waals surface area contributed by atoms with Crippen LogP contribution < -0.4 is 5.73 Å². The minimum atomic E-state index is 0.378. The van der Waals surface area contributed by atoms with E-state index in [2.05, 4.69) is 43.9 Å². The molecule has 0 amide bonds. The Bertz CT molecular complexity index is 421. The molecule has 0 bridgehead atoms. The number of aryl methyl sites for hydroxylation is 2. The first kappa shape index (κ1) is 15.5. The molecule has 1 atom stereocenters. The standard InChI is InChI=1S/C18H30N2/c1-4-20(16-8-6-5-7-9-16)18(13-19)17-11-10-14(2)12-15(17)3/h10-12,16,18H,4-9,13,19H2,1-3H3. The van der Waals surface area contributed by atoms with Crippen molar-refractivity contribution in [3.8, 4) is 0 Å². The second-order valence-electron chi connectivity index (χ2n) is 6.23. The number of likely N-dealkylation sites (N-methyl/N-ethyl adjacent to an activating group) is 1. The molecule has 1 aromatic rings. The summed E-state index contributed by atoms with van der Waals surface area (Å²) in [5, 5.41) is 0. The van der Waals surface area contributed by atoms with E-state index in [1.165, 1.54) is 48.8 Å². The van der Waals surface area contributed by atoms with Crippen molar-refractivity contribution in [1.82, 2.24) is 4.90 Å². The van der Waals surface area contributed by atoms with Crippen molar-refractivity contribution < 1.29 is 0 Å². The van der Waals surface area contributed by atoms with Crippen LogP contribution in [0.1, 0.15) is 61.8 Å². The molecule has 1 aliphatic rings. The Morgan fingerprint density at radius 1 is 1.20 bits per heavy atom. The lowest BCUT2D eigenvalue weighted by Crippen LogP contribution is -2.42. The predicted molar refractivity (Wildman–Crippen MR) is 87.0 cm³/mol. The molecule has 1 fully saturated rings. The Labute approximate surface area is 124 Å². The Morgan fingerprint density at radius 2 is 1.90 bits per heavy atom. The summed E-state index contributed by atoms with van der Waals surface area (Å²) < 4.78 is 0. The smallest absolute Gasteiger partial charge is 0.0475 e. The Balaban J connectivity index is 2.23. The molecule has 2 heteroatoms. The molecule has 0 radical (unpaired) electrons. The number of nitrogens with two attached hydrogens (primary N) is 1. The zero-order valence-electron chi connectivity index (χ0n) is 13.4. The van der Waals surface area contributed by atoms with Gasteiger partial charge in [0.25, 0.3) is 0 Å². The maximum Gasteiger partial charge on any atom is 0.0475 e. The first-order valence-electron chi connectivity index (χ1n) is 8.20. The number of rotatable bonds is 5. The minimum Gasteiger partial charge on any atom is -0.329 e. The average Bonchev–Trinajstić information content (AvgIpc) is 2.46. The van der Waals surface area contributed by atoms with Gasteiger partial charge < -0.3 is 5.73 Å². The molecule has 20 heavy (non-hydrogen) atoms. The van der Waals surface area contributed by atoms with E-state index in [0.29, 0.717) is 12.6 Å². The number of benzene rings is 1. The van der Waals surface area contributed by atoms with Crippen molar-refractivity contribution >= 4 is 0 Å². The fourth-order valence-electron chi connectivity index (χ4n) is 3.79. The van der Waals surface area contributed by atoms with Gasteiger partial charge in [-0.1, -0.05) is 49.9 Å². The molecule has 112 valence electrons. The highest BCUT2D eigenvalue weighted by atomic mass is 15.2. The average molecular weight is 274 g/mol. The maximum atomic E-state index is 6.15. The molecular formula is C18H30N2. The monoisotopic (exact) mass is 274 g/mol. The molecule has 1 unspecified atom stereocenters. The van der Waals surface area contributed by atoms with Crippen molar-refractivity contribution in [3.05, 3.63) is 34.9 Å². The molecule has 0 spiro atoms. The molecule has 0 saturated heterocycles. The summed E-state index contributed by atoms with van der Waals surface area (Å²) in [5.74, 6) is 0. The normalized spacial score (nSPS) is 18.4. The van der Waals surface area contributed by atoms with Gasteiger partial charge in [-0.15, -0.1) is 0 Å². The lowest BCUT2D eigenvalue weighted by molar-refractivity contribution is 0.113. The van der Waals surface area contributed by atoms with Crippen LogP contribution in [0, 0.1) is 13.8 Å². The van der Waals surface area contributed by atoms with Gasteiger partial charge >= 0.3 is 0 Å². The van der Waals surface area contributed by atoms with E-state index in [1.807, 2.05) is 0 Å². The molecule has 1 aliphatic carbocycles. The van der Waals surface area contributed by atoms with E-state index in [4.69, 9.17) is 5.73 Å². The van der Waals surface area contributed by atoms with E-state index in [9.17, 15) is 0 Å². The van der Waals surface area contributed by atoms with Crippen LogP contribution in [0.15, 0.2) is 18.2 Å². The lowest BCUT2D eigenvalue weighted by Gasteiger charge is -2.39. The summed E-state index contributed by atoms with van der Waals surface area (Å²) in [5.41, 5.74) is 10.3. The summed E-state index contributed by atoms with van der Waals surface area (Å²) in [4.78, 5) is 2.65. The van der Waals surface area contributed by atoms with Gasteiger partial charge in [-0.05, 0) is 44.4 Å². The highest BCUT2D eigenvalue weighted by molar-refractivity contribution is 5.33. The third-order valence-corrected chi connectivity index (χ3v) is 4.82. The summed E-state index contributed by atoms with van der Waals surface area (Å²) in [6.45, 7) is 8.47. The Kier molecular flexibility index (Phi) is 5.62. The molecule has 0 aliphatic heterocycles. The number of hydrogen-bond donors (Lipinski definition) is 1. The van der Waals surface area contributed by atoms with Crippen LogP contribution in [0.25, 0.3) is 0 Å². The quantitative estimate of drug-likeness (QED) is 0.880. The van der Waals surface area contributed by atoms with Crippen LogP contribution >= 0.6 is 0 Å².